The first-order chi connectivity index (χ1) is 29.2. The van der Waals surface area contributed by atoms with Gasteiger partial charge in [0.15, 0.2) is 17.5 Å². The molecule has 10 aromatic carbocycles. The Bertz CT molecular complexity index is 3620. The second-order valence-corrected chi connectivity index (χ2v) is 15.1. The molecule has 0 N–H and O–H groups in total. The highest BCUT2D eigenvalue weighted by molar-refractivity contribution is 6.23. The van der Waals surface area contributed by atoms with E-state index in [1.54, 1.807) is 0 Å². The first-order valence-corrected chi connectivity index (χ1v) is 19.9. The molecule has 0 atom stereocenters. The number of fused-ring (bicyclic) bond motifs is 8. The molecule has 12 rings (SSSR count). The van der Waals surface area contributed by atoms with E-state index < -0.39 is 0 Å². The quantitative estimate of drug-likeness (QED) is 0.130. The third-order valence-corrected chi connectivity index (χ3v) is 11.7. The molecule has 274 valence electrons. The maximum Gasteiger partial charge on any atom is 0.164 e. The van der Waals surface area contributed by atoms with Crippen molar-refractivity contribution in [1.82, 2.24) is 15.0 Å². The smallest absolute Gasteiger partial charge is 0.164 e. The van der Waals surface area contributed by atoms with Crippen molar-refractivity contribution in [2.75, 3.05) is 0 Å². The molecule has 0 aliphatic rings. The van der Waals surface area contributed by atoms with Gasteiger partial charge in [0.2, 0.25) is 0 Å². The van der Waals surface area contributed by atoms with E-state index in [1.807, 2.05) is 30.3 Å². The van der Waals surface area contributed by atoms with Gasteiger partial charge in [-0.3, -0.25) is 0 Å². The Balaban J connectivity index is 1.11. The Morgan fingerprint density at radius 2 is 0.847 bits per heavy atom. The lowest BCUT2D eigenvalue weighted by Gasteiger charge is -2.17. The maximum atomic E-state index is 6.35. The van der Waals surface area contributed by atoms with E-state index in [1.165, 1.54) is 43.4 Å². The van der Waals surface area contributed by atoms with E-state index in [9.17, 15) is 0 Å². The van der Waals surface area contributed by atoms with Crippen molar-refractivity contribution in [3.8, 4) is 56.4 Å². The summed E-state index contributed by atoms with van der Waals surface area (Å²) in [5, 5.41) is 11.7. The minimum atomic E-state index is 0.579. The Kier molecular flexibility index (Phi) is 7.50. The lowest BCUT2D eigenvalue weighted by atomic mass is 9.87. The fourth-order valence-corrected chi connectivity index (χ4v) is 8.98. The summed E-state index contributed by atoms with van der Waals surface area (Å²) in [6, 6.07) is 70.6. The second kappa shape index (κ2) is 13.3. The fraction of sp³-hybridized carbons (Fsp3) is 0. The van der Waals surface area contributed by atoms with Crippen LogP contribution in [-0.2, 0) is 0 Å². The molecule has 2 aromatic heterocycles. The van der Waals surface area contributed by atoms with Gasteiger partial charge in [-0.2, -0.15) is 0 Å². The molecule has 0 amide bonds. The molecular formula is C55H33N3O. The Labute approximate surface area is 339 Å². The number of benzene rings is 10. The number of rotatable bonds is 5. The highest BCUT2D eigenvalue weighted by Crippen LogP contribution is 2.44. The Morgan fingerprint density at radius 3 is 1.68 bits per heavy atom. The van der Waals surface area contributed by atoms with Gasteiger partial charge >= 0.3 is 0 Å². The molecule has 12 aromatic rings. The monoisotopic (exact) mass is 751 g/mol. The van der Waals surface area contributed by atoms with Crippen molar-refractivity contribution in [3.63, 3.8) is 0 Å². The summed E-state index contributed by atoms with van der Waals surface area (Å²) in [7, 11) is 0. The van der Waals surface area contributed by atoms with Gasteiger partial charge in [-0.05, 0) is 95.7 Å². The van der Waals surface area contributed by atoms with E-state index >= 15 is 0 Å². The van der Waals surface area contributed by atoms with E-state index in [4.69, 9.17) is 19.4 Å². The average Bonchev–Trinajstić information content (AvgIpc) is 3.69. The molecule has 0 aliphatic carbocycles. The number of para-hydroxylation sites is 1. The lowest BCUT2D eigenvalue weighted by Crippen LogP contribution is -2.01. The fourth-order valence-electron chi connectivity index (χ4n) is 8.98. The zero-order valence-electron chi connectivity index (χ0n) is 31.8. The SMILES string of the molecule is c1ccc(-c2ccccc2-c2nc(-c3ccc4c(c3)oc3ccccc34)nc(-c3ccc(-c4c5ccccc5cc5c4ccc4ccccc45)c4ccccc34)n2)cc1. The molecule has 59 heavy (non-hydrogen) atoms. The van der Waals surface area contributed by atoms with Gasteiger partial charge in [0.25, 0.3) is 0 Å². The third-order valence-electron chi connectivity index (χ3n) is 11.7. The first kappa shape index (κ1) is 33.2. The first-order valence-electron chi connectivity index (χ1n) is 19.9. The van der Waals surface area contributed by atoms with Crippen LogP contribution in [-0.4, -0.2) is 15.0 Å². The highest BCUT2D eigenvalue weighted by atomic mass is 16.3. The van der Waals surface area contributed by atoms with Crippen molar-refractivity contribution < 1.29 is 4.42 Å². The molecule has 4 nitrogen and oxygen atoms in total. The number of hydrogen-bond acceptors (Lipinski definition) is 4. The summed E-state index contributed by atoms with van der Waals surface area (Å²) < 4.78 is 6.35. The average molecular weight is 752 g/mol. The summed E-state index contributed by atoms with van der Waals surface area (Å²) >= 11 is 0. The topological polar surface area (TPSA) is 51.8 Å². The van der Waals surface area contributed by atoms with Crippen molar-refractivity contribution in [3.05, 3.63) is 200 Å². The van der Waals surface area contributed by atoms with Crippen LogP contribution in [0.5, 0.6) is 0 Å². The Morgan fingerprint density at radius 1 is 0.271 bits per heavy atom. The number of aromatic nitrogens is 3. The maximum absolute atomic E-state index is 6.35. The van der Waals surface area contributed by atoms with E-state index in [0.29, 0.717) is 17.5 Å². The van der Waals surface area contributed by atoms with Crippen LogP contribution in [0.1, 0.15) is 0 Å². The molecule has 0 bridgehead atoms. The summed E-state index contributed by atoms with van der Waals surface area (Å²) in [6.45, 7) is 0. The largest absolute Gasteiger partial charge is 0.456 e. The minimum absolute atomic E-state index is 0.579. The second-order valence-electron chi connectivity index (χ2n) is 15.1. The standard InChI is InChI=1S/C55H33N3O/c1-2-14-34(15-3-1)38-18-8-11-24-47(38)54-56-53(37-27-28-44-43-23-12-13-25-50(43)59-51(44)33-37)57-55(58-54)48-31-30-45(41-21-9-10-22-42(41)48)52-40-20-7-5-17-36(40)32-49-39-19-6-4-16-35(39)26-29-46(49)52/h1-33H. The summed E-state index contributed by atoms with van der Waals surface area (Å²) in [4.78, 5) is 15.8. The molecule has 0 unspecified atom stereocenters. The van der Waals surface area contributed by atoms with Gasteiger partial charge in [-0.15, -0.1) is 0 Å². The molecular weight excluding hydrogens is 719 g/mol. The van der Waals surface area contributed by atoms with Gasteiger partial charge in [-0.1, -0.05) is 170 Å². The van der Waals surface area contributed by atoms with Crippen LogP contribution in [0.3, 0.4) is 0 Å². The van der Waals surface area contributed by atoms with Crippen molar-refractivity contribution in [1.29, 1.82) is 0 Å². The summed E-state index contributed by atoms with van der Waals surface area (Å²) in [5.41, 5.74) is 8.91. The molecule has 4 heteroatoms. The van der Waals surface area contributed by atoms with Crippen molar-refractivity contribution in [2.24, 2.45) is 0 Å². The van der Waals surface area contributed by atoms with Gasteiger partial charge in [0, 0.05) is 27.5 Å². The normalized spacial score (nSPS) is 11.7. The van der Waals surface area contributed by atoms with E-state index in [-0.39, 0.29) is 0 Å². The van der Waals surface area contributed by atoms with Crippen molar-refractivity contribution in [2.45, 2.75) is 0 Å². The van der Waals surface area contributed by atoms with Crippen LogP contribution in [0.2, 0.25) is 0 Å². The number of hydrogen-bond donors (Lipinski definition) is 0. The molecule has 0 saturated heterocycles. The van der Waals surface area contributed by atoms with Crippen LogP contribution >= 0.6 is 0 Å². The molecule has 0 aliphatic heterocycles. The third kappa shape index (κ3) is 5.42. The van der Waals surface area contributed by atoms with Crippen LogP contribution in [0.15, 0.2) is 205 Å². The number of nitrogens with zero attached hydrogens (tertiary/aromatic N) is 3. The van der Waals surface area contributed by atoms with E-state index in [0.717, 1.165) is 60.5 Å². The summed E-state index contributed by atoms with van der Waals surface area (Å²) in [6.07, 6.45) is 0. The zero-order valence-corrected chi connectivity index (χ0v) is 31.8. The molecule has 0 radical (unpaired) electrons. The van der Waals surface area contributed by atoms with Crippen LogP contribution in [0.4, 0.5) is 0 Å². The minimum Gasteiger partial charge on any atom is -0.456 e. The van der Waals surface area contributed by atoms with Crippen LogP contribution in [0, 0.1) is 0 Å². The molecule has 0 spiro atoms. The zero-order chi connectivity index (χ0) is 38.9. The number of furan rings is 1. The summed E-state index contributed by atoms with van der Waals surface area (Å²) in [5.74, 6) is 1.79. The van der Waals surface area contributed by atoms with Gasteiger partial charge < -0.3 is 4.42 Å². The van der Waals surface area contributed by atoms with Crippen molar-refractivity contribution >= 4 is 65.0 Å². The van der Waals surface area contributed by atoms with Crippen LogP contribution in [0.25, 0.3) is 121 Å². The van der Waals surface area contributed by atoms with Crippen LogP contribution < -0.4 is 0 Å². The molecule has 0 fully saturated rings. The van der Waals surface area contributed by atoms with Gasteiger partial charge in [-0.25, -0.2) is 15.0 Å². The predicted molar refractivity (Wildman–Crippen MR) is 244 cm³/mol. The van der Waals surface area contributed by atoms with Gasteiger partial charge in [0.1, 0.15) is 11.2 Å². The predicted octanol–water partition coefficient (Wildman–Crippen LogP) is 14.7. The lowest BCUT2D eigenvalue weighted by molar-refractivity contribution is 0.669. The van der Waals surface area contributed by atoms with Gasteiger partial charge in [0.05, 0.1) is 0 Å². The highest BCUT2D eigenvalue weighted by Gasteiger charge is 2.20. The Hall–Kier alpha value is -7.95. The van der Waals surface area contributed by atoms with E-state index in [2.05, 4.69) is 170 Å². The molecule has 2 heterocycles. The molecule has 0 saturated carbocycles.